The Morgan fingerprint density at radius 2 is 1.95 bits per heavy atom. The van der Waals surface area contributed by atoms with E-state index in [2.05, 4.69) is 5.32 Å². The molecule has 0 aromatic heterocycles. The predicted molar refractivity (Wildman–Crippen MR) is 76.3 cm³/mol. The summed E-state index contributed by atoms with van der Waals surface area (Å²) in [6.45, 7) is 1.63. The molecule has 0 unspecified atom stereocenters. The Labute approximate surface area is 115 Å². The summed E-state index contributed by atoms with van der Waals surface area (Å²) in [5.41, 5.74) is 1.28. The Balaban J connectivity index is 1.74. The molecule has 0 bridgehead atoms. The van der Waals surface area contributed by atoms with Crippen LogP contribution in [0.15, 0.2) is 24.3 Å². The summed E-state index contributed by atoms with van der Waals surface area (Å²) < 4.78 is 0. The lowest BCUT2D eigenvalue weighted by Gasteiger charge is -2.21. The zero-order chi connectivity index (χ0) is 13.5. The van der Waals surface area contributed by atoms with Gasteiger partial charge in [-0.15, -0.1) is 0 Å². The van der Waals surface area contributed by atoms with Crippen molar-refractivity contribution in [3.05, 3.63) is 35.4 Å². The molecule has 1 fully saturated rings. The van der Waals surface area contributed by atoms with Crippen LogP contribution in [0.2, 0.25) is 0 Å². The van der Waals surface area contributed by atoms with E-state index in [1.807, 2.05) is 12.1 Å². The third-order valence-corrected chi connectivity index (χ3v) is 4.02. The molecule has 1 saturated carbocycles. The molecule has 3 nitrogen and oxygen atoms in total. The topological polar surface area (TPSA) is 49.3 Å². The zero-order valence-electron chi connectivity index (χ0n) is 11.4. The number of hydrogen-bond acceptors (Lipinski definition) is 2. The highest BCUT2D eigenvalue weighted by Gasteiger charge is 2.13. The summed E-state index contributed by atoms with van der Waals surface area (Å²) in [5.74, 6) is 0.0284. The minimum atomic E-state index is -0.843. The molecular formula is C16H23NO2. The van der Waals surface area contributed by atoms with Gasteiger partial charge in [0.2, 0.25) is 0 Å². The number of aromatic carboxylic acids is 1. The molecule has 1 aliphatic rings. The standard InChI is InChI=1S/C16H23NO2/c18-16(19)15-9-5-4-8-14(15)12-17-11-10-13-6-2-1-3-7-13/h4-5,8-9,13,17H,1-3,6-7,10-12H2,(H,18,19). The van der Waals surface area contributed by atoms with Crippen LogP contribution in [0, 0.1) is 5.92 Å². The molecular weight excluding hydrogens is 238 g/mol. The summed E-state index contributed by atoms with van der Waals surface area (Å²) >= 11 is 0. The largest absolute Gasteiger partial charge is 0.478 e. The van der Waals surface area contributed by atoms with E-state index in [0.29, 0.717) is 12.1 Å². The van der Waals surface area contributed by atoms with E-state index in [1.54, 1.807) is 12.1 Å². The summed E-state index contributed by atoms with van der Waals surface area (Å²) in [6, 6.07) is 7.22. The average Bonchev–Trinajstić information content (AvgIpc) is 2.45. The molecule has 0 atom stereocenters. The highest BCUT2D eigenvalue weighted by Crippen LogP contribution is 2.25. The smallest absolute Gasteiger partial charge is 0.336 e. The number of rotatable bonds is 6. The minimum absolute atomic E-state index is 0.410. The van der Waals surface area contributed by atoms with Gasteiger partial charge >= 0.3 is 5.97 Å². The van der Waals surface area contributed by atoms with Gasteiger partial charge in [0.15, 0.2) is 0 Å². The van der Waals surface area contributed by atoms with Crippen LogP contribution in [-0.4, -0.2) is 17.6 Å². The monoisotopic (exact) mass is 261 g/mol. The van der Waals surface area contributed by atoms with Gasteiger partial charge in [0, 0.05) is 6.54 Å². The molecule has 2 rings (SSSR count). The van der Waals surface area contributed by atoms with Gasteiger partial charge in [0.1, 0.15) is 0 Å². The van der Waals surface area contributed by atoms with Crippen molar-refractivity contribution in [2.45, 2.75) is 45.1 Å². The first-order chi connectivity index (χ1) is 9.27. The Morgan fingerprint density at radius 1 is 1.21 bits per heavy atom. The van der Waals surface area contributed by atoms with Crippen LogP contribution < -0.4 is 5.32 Å². The molecule has 0 saturated heterocycles. The van der Waals surface area contributed by atoms with Crippen LogP contribution in [0.1, 0.15) is 54.4 Å². The Hall–Kier alpha value is -1.35. The van der Waals surface area contributed by atoms with Gasteiger partial charge in [-0.3, -0.25) is 0 Å². The van der Waals surface area contributed by atoms with E-state index in [0.717, 1.165) is 18.0 Å². The van der Waals surface area contributed by atoms with Crippen molar-refractivity contribution in [2.75, 3.05) is 6.54 Å². The van der Waals surface area contributed by atoms with E-state index in [4.69, 9.17) is 5.11 Å². The maximum atomic E-state index is 11.1. The van der Waals surface area contributed by atoms with Crippen LogP contribution in [0.4, 0.5) is 0 Å². The normalized spacial score (nSPS) is 16.4. The fraction of sp³-hybridized carbons (Fsp3) is 0.562. The van der Waals surface area contributed by atoms with E-state index in [-0.39, 0.29) is 0 Å². The van der Waals surface area contributed by atoms with Crippen molar-refractivity contribution >= 4 is 5.97 Å². The maximum absolute atomic E-state index is 11.1. The van der Waals surface area contributed by atoms with Crippen LogP contribution in [-0.2, 0) is 6.54 Å². The van der Waals surface area contributed by atoms with Crippen LogP contribution in [0.25, 0.3) is 0 Å². The lowest BCUT2D eigenvalue weighted by molar-refractivity contribution is 0.0695. The molecule has 0 radical (unpaired) electrons. The van der Waals surface area contributed by atoms with Gasteiger partial charge in [0.25, 0.3) is 0 Å². The van der Waals surface area contributed by atoms with Crippen molar-refractivity contribution < 1.29 is 9.90 Å². The third kappa shape index (κ3) is 4.35. The molecule has 3 heteroatoms. The number of carbonyl (C=O) groups is 1. The number of carboxylic acids is 1. The number of benzene rings is 1. The van der Waals surface area contributed by atoms with Crippen LogP contribution in [0.5, 0.6) is 0 Å². The maximum Gasteiger partial charge on any atom is 0.336 e. The highest BCUT2D eigenvalue weighted by atomic mass is 16.4. The molecule has 0 aliphatic heterocycles. The number of hydrogen-bond donors (Lipinski definition) is 2. The average molecular weight is 261 g/mol. The summed E-state index contributed by atoms with van der Waals surface area (Å²) in [7, 11) is 0. The van der Waals surface area contributed by atoms with Crippen LogP contribution in [0.3, 0.4) is 0 Å². The molecule has 2 N–H and O–H groups in total. The Bertz CT molecular complexity index is 411. The van der Waals surface area contributed by atoms with Gasteiger partial charge in [-0.1, -0.05) is 50.3 Å². The third-order valence-electron chi connectivity index (χ3n) is 4.02. The molecule has 1 aromatic rings. The number of nitrogens with one attached hydrogen (secondary N) is 1. The second-order valence-corrected chi connectivity index (χ2v) is 5.43. The van der Waals surface area contributed by atoms with Gasteiger partial charge < -0.3 is 10.4 Å². The molecule has 0 spiro atoms. The minimum Gasteiger partial charge on any atom is -0.478 e. The molecule has 19 heavy (non-hydrogen) atoms. The fourth-order valence-corrected chi connectivity index (χ4v) is 2.89. The Morgan fingerprint density at radius 3 is 2.68 bits per heavy atom. The zero-order valence-corrected chi connectivity index (χ0v) is 11.4. The molecule has 0 heterocycles. The predicted octanol–water partition coefficient (Wildman–Crippen LogP) is 3.44. The lowest BCUT2D eigenvalue weighted by Crippen LogP contribution is -2.20. The van der Waals surface area contributed by atoms with Crippen molar-refractivity contribution in [3.63, 3.8) is 0 Å². The van der Waals surface area contributed by atoms with Crippen molar-refractivity contribution in [3.8, 4) is 0 Å². The van der Waals surface area contributed by atoms with Gasteiger partial charge in [-0.05, 0) is 30.5 Å². The Kier molecular flexibility index (Phi) is 5.40. The lowest BCUT2D eigenvalue weighted by atomic mass is 9.87. The van der Waals surface area contributed by atoms with Crippen molar-refractivity contribution in [2.24, 2.45) is 5.92 Å². The van der Waals surface area contributed by atoms with Crippen molar-refractivity contribution in [1.82, 2.24) is 5.32 Å². The second kappa shape index (κ2) is 7.29. The van der Waals surface area contributed by atoms with Crippen LogP contribution >= 0.6 is 0 Å². The first-order valence-electron chi connectivity index (χ1n) is 7.29. The van der Waals surface area contributed by atoms with E-state index in [1.165, 1.54) is 38.5 Å². The van der Waals surface area contributed by atoms with Gasteiger partial charge in [-0.2, -0.15) is 0 Å². The van der Waals surface area contributed by atoms with E-state index in [9.17, 15) is 4.79 Å². The summed E-state index contributed by atoms with van der Waals surface area (Å²) in [5, 5.41) is 12.5. The second-order valence-electron chi connectivity index (χ2n) is 5.43. The van der Waals surface area contributed by atoms with Gasteiger partial charge in [0.05, 0.1) is 5.56 Å². The summed E-state index contributed by atoms with van der Waals surface area (Å²) in [4.78, 5) is 11.1. The highest BCUT2D eigenvalue weighted by molar-refractivity contribution is 5.89. The fourth-order valence-electron chi connectivity index (χ4n) is 2.89. The quantitative estimate of drug-likeness (QED) is 0.771. The van der Waals surface area contributed by atoms with E-state index < -0.39 is 5.97 Å². The SMILES string of the molecule is O=C(O)c1ccccc1CNCCC1CCCCC1. The summed E-state index contributed by atoms with van der Waals surface area (Å²) in [6.07, 6.45) is 8.12. The molecule has 104 valence electrons. The molecule has 1 aromatic carbocycles. The number of carboxylic acid groups (broad SMARTS) is 1. The molecule has 0 amide bonds. The van der Waals surface area contributed by atoms with Crippen molar-refractivity contribution in [1.29, 1.82) is 0 Å². The first-order valence-corrected chi connectivity index (χ1v) is 7.29. The van der Waals surface area contributed by atoms with E-state index >= 15 is 0 Å². The first kappa shape index (κ1) is 14.1. The van der Waals surface area contributed by atoms with Gasteiger partial charge in [-0.25, -0.2) is 4.79 Å². The molecule has 1 aliphatic carbocycles.